The quantitative estimate of drug-likeness (QED) is 0.781. The average molecular weight is 312 g/mol. The van der Waals surface area contributed by atoms with E-state index < -0.39 is 0 Å². The molecule has 6 nitrogen and oxygen atoms in total. The Morgan fingerprint density at radius 1 is 1.26 bits per heavy atom. The fourth-order valence-corrected chi connectivity index (χ4v) is 2.63. The molecule has 0 saturated heterocycles. The minimum atomic E-state index is -0.208. The standard InChI is InChI=1S/C17H20N4O2/c1-12(2)7-9-18-15(22)11-21-16-13(5-3-8-19-16)20-10-4-6-14(20)17(21)23/h3-6,8,10,12H,7,9,11H2,1-2H3,(H,18,22). The normalized spacial score (nSPS) is 11.4. The first-order valence-electron chi connectivity index (χ1n) is 7.79. The van der Waals surface area contributed by atoms with Crippen LogP contribution in [0.15, 0.2) is 41.5 Å². The van der Waals surface area contributed by atoms with Gasteiger partial charge < -0.3 is 9.72 Å². The van der Waals surface area contributed by atoms with E-state index in [0.717, 1.165) is 11.9 Å². The predicted octanol–water partition coefficient (Wildman–Crippen LogP) is 1.81. The molecule has 3 aromatic rings. The van der Waals surface area contributed by atoms with E-state index in [-0.39, 0.29) is 18.0 Å². The van der Waals surface area contributed by atoms with Crippen LogP contribution < -0.4 is 10.9 Å². The van der Waals surface area contributed by atoms with E-state index in [2.05, 4.69) is 24.1 Å². The summed E-state index contributed by atoms with van der Waals surface area (Å²) in [6.07, 6.45) is 4.37. The van der Waals surface area contributed by atoms with Gasteiger partial charge in [0.05, 0.1) is 5.52 Å². The lowest BCUT2D eigenvalue weighted by Gasteiger charge is -2.12. The van der Waals surface area contributed by atoms with Crippen LogP contribution in [0.25, 0.3) is 16.7 Å². The third kappa shape index (κ3) is 2.97. The molecule has 0 aliphatic heterocycles. The molecule has 120 valence electrons. The molecular weight excluding hydrogens is 292 g/mol. The van der Waals surface area contributed by atoms with Gasteiger partial charge in [-0.05, 0) is 36.6 Å². The summed E-state index contributed by atoms with van der Waals surface area (Å²) in [4.78, 5) is 29.1. The molecule has 3 rings (SSSR count). The van der Waals surface area contributed by atoms with Crippen molar-refractivity contribution in [1.82, 2.24) is 19.3 Å². The van der Waals surface area contributed by atoms with Crippen molar-refractivity contribution in [3.8, 4) is 0 Å². The third-order valence-electron chi connectivity index (χ3n) is 3.84. The maximum Gasteiger partial charge on any atom is 0.276 e. The van der Waals surface area contributed by atoms with Gasteiger partial charge in [0.15, 0.2) is 5.65 Å². The number of carbonyl (C=O) groups is 1. The van der Waals surface area contributed by atoms with Crippen LogP contribution in [0.2, 0.25) is 0 Å². The van der Waals surface area contributed by atoms with Crippen LogP contribution in [0.3, 0.4) is 0 Å². The molecule has 0 bridgehead atoms. The summed E-state index contributed by atoms with van der Waals surface area (Å²) in [6, 6.07) is 7.28. The van der Waals surface area contributed by atoms with Crippen molar-refractivity contribution < 1.29 is 4.79 Å². The second kappa shape index (κ2) is 6.24. The summed E-state index contributed by atoms with van der Waals surface area (Å²) in [7, 11) is 0. The molecule has 1 N–H and O–H groups in total. The minimum absolute atomic E-state index is 0.0217. The Morgan fingerprint density at radius 3 is 2.83 bits per heavy atom. The Labute approximate surface area is 133 Å². The zero-order chi connectivity index (χ0) is 16.4. The molecule has 0 aliphatic carbocycles. The molecule has 0 unspecified atom stereocenters. The van der Waals surface area contributed by atoms with E-state index in [9.17, 15) is 9.59 Å². The summed E-state index contributed by atoms with van der Waals surface area (Å²) in [5.41, 5.74) is 1.66. The lowest BCUT2D eigenvalue weighted by atomic mass is 10.1. The second-order valence-electron chi connectivity index (χ2n) is 6.03. The molecule has 6 heteroatoms. The van der Waals surface area contributed by atoms with E-state index in [1.54, 1.807) is 16.7 Å². The molecule has 3 aromatic heterocycles. The van der Waals surface area contributed by atoms with Crippen molar-refractivity contribution in [2.45, 2.75) is 26.8 Å². The van der Waals surface area contributed by atoms with E-state index in [4.69, 9.17) is 0 Å². The number of hydrogen-bond acceptors (Lipinski definition) is 3. The van der Waals surface area contributed by atoms with Gasteiger partial charge in [-0.3, -0.25) is 14.2 Å². The summed E-state index contributed by atoms with van der Waals surface area (Å²) >= 11 is 0. The lowest BCUT2D eigenvalue weighted by molar-refractivity contribution is -0.121. The Hall–Kier alpha value is -2.63. The number of aromatic nitrogens is 3. The van der Waals surface area contributed by atoms with Crippen LogP contribution in [0.5, 0.6) is 0 Å². The van der Waals surface area contributed by atoms with Crippen LogP contribution >= 0.6 is 0 Å². The van der Waals surface area contributed by atoms with Crippen molar-refractivity contribution in [2.75, 3.05) is 6.54 Å². The summed E-state index contributed by atoms with van der Waals surface area (Å²) < 4.78 is 3.24. The van der Waals surface area contributed by atoms with Crippen molar-refractivity contribution in [3.63, 3.8) is 0 Å². The van der Waals surface area contributed by atoms with Crippen molar-refractivity contribution in [3.05, 3.63) is 47.0 Å². The van der Waals surface area contributed by atoms with Gasteiger partial charge in [-0.25, -0.2) is 4.98 Å². The van der Waals surface area contributed by atoms with Crippen molar-refractivity contribution in [2.24, 2.45) is 5.92 Å². The number of pyridine rings is 1. The van der Waals surface area contributed by atoms with Gasteiger partial charge in [-0.15, -0.1) is 0 Å². The van der Waals surface area contributed by atoms with E-state index in [1.165, 1.54) is 4.57 Å². The number of rotatable bonds is 5. The zero-order valence-electron chi connectivity index (χ0n) is 13.3. The first kappa shape index (κ1) is 15.3. The SMILES string of the molecule is CC(C)CCNC(=O)Cn1c(=O)c2cccn2c2cccnc21. The van der Waals surface area contributed by atoms with Gasteiger partial charge in [0.1, 0.15) is 12.1 Å². The lowest BCUT2D eigenvalue weighted by Crippen LogP contribution is -2.34. The molecule has 0 atom stereocenters. The first-order chi connectivity index (χ1) is 11.1. The molecule has 3 heterocycles. The van der Waals surface area contributed by atoms with Gasteiger partial charge in [0, 0.05) is 18.9 Å². The fraction of sp³-hybridized carbons (Fsp3) is 0.353. The third-order valence-corrected chi connectivity index (χ3v) is 3.84. The Bertz CT molecular complexity index is 908. The first-order valence-corrected chi connectivity index (χ1v) is 7.79. The van der Waals surface area contributed by atoms with E-state index >= 15 is 0 Å². The number of amides is 1. The zero-order valence-corrected chi connectivity index (χ0v) is 13.3. The Morgan fingerprint density at radius 2 is 2.04 bits per heavy atom. The summed E-state index contributed by atoms with van der Waals surface area (Å²) in [5.74, 6) is 0.355. The number of nitrogens with zero attached hydrogens (tertiary/aromatic N) is 3. The van der Waals surface area contributed by atoms with Gasteiger partial charge in [-0.2, -0.15) is 0 Å². The monoisotopic (exact) mass is 312 g/mol. The Kier molecular flexibility index (Phi) is 4.14. The highest BCUT2D eigenvalue weighted by molar-refractivity contribution is 5.80. The molecule has 1 amide bonds. The van der Waals surface area contributed by atoms with Gasteiger partial charge in [0.25, 0.3) is 5.56 Å². The second-order valence-corrected chi connectivity index (χ2v) is 6.03. The molecule has 0 spiro atoms. The maximum atomic E-state index is 12.6. The fourth-order valence-electron chi connectivity index (χ4n) is 2.63. The highest BCUT2D eigenvalue weighted by Gasteiger charge is 2.13. The van der Waals surface area contributed by atoms with Gasteiger partial charge >= 0.3 is 0 Å². The van der Waals surface area contributed by atoms with Crippen LogP contribution in [0.1, 0.15) is 20.3 Å². The number of hydrogen-bond donors (Lipinski definition) is 1. The predicted molar refractivity (Wildman–Crippen MR) is 89.4 cm³/mol. The van der Waals surface area contributed by atoms with Crippen LogP contribution in [-0.4, -0.2) is 26.4 Å². The topological polar surface area (TPSA) is 68.4 Å². The average Bonchev–Trinajstić information content (AvgIpc) is 3.01. The molecule has 0 aromatic carbocycles. The number of nitrogens with one attached hydrogen (secondary N) is 1. The minimum Gasteiger partial charge on any atom is -0.355 e. The smallest absolute Gasteiger partial charge is 0.276 e. The van der Waals surface area contributed by atoms with Gasteiger partial charge in [0.2, 0.25) is 5.91 Å². The highest BCUT2D eigenvalue weighted by atomic mass is 16.2. The molecule has 0 fully saturated rings. The van der Waals surface area contributed by atoms with Crippen LogP contribution in [0.4, 0.5) is 0 Å². The number of carbonyl (C=O) groups excluding carboxylic acids is 1. The molecule has 0 radical (unpaired) electrons. The molecular formula is C17H20N4O2. The van der Waals surface area contributed by atoms with E-state index in [1.807, 2.05) is 24.4 Å². The van der Waals surface area contributed by atoms with E-state index in [0.29, 0.717) is 23.6 Å². The Balaban J connectivity index is 1.97. The molecule has 0 saturated carbocycles. The maximum absolute atomic E-state index is 12.6. The van der Waals surface area contributed by atoms with Crippen LogP contribution in [-0.2, 0) is 11.3 Å². The molecule has 23 heavy (non-hydrogen) atoms. The van der Waals surface area contributed by atoms with Crippen molar-refractivity contribution in [1.29, 1.82) is 0 Å². The number of fused-ring (bicyclic) bond motifs is 3. The largest absolute Gasteiger partial charge is 0.355 e. The highest BCUT2D eigenvalue weighted by Crippen LogP contribution is 2.12. The van der Waals surface area contributed by atoms with Gasteiger partial charge in [-0.1, -0.05) is 13.8 Å². The van der Waals surface area contributed by atoms with Crippen molar-refractivity contribution >= 4 is 22.6 Å². The summed E-state index contributed by atoms with van der Waals surface area (Å²) in [6.45, 7) is 4.80. The van der Waals surface area contributed by atoms with Crippen LogP contribution in [0, 0.1) is 5.92 Å². The molecule has 0 aliphatic rings. The summed E-state index contributed by atoms with van der Waals surface area (Å²) in [5, 5.41) is 2.86.